The van der Waals surface area contributed by atoms with Crippen LogP contribution in [0.3, 0.4) is 0 Å². The Morgan fingerprint density at radius 2 is 1.48 bits per heavy atom. The number of nitrogens with one attached hydrogen (secondary N) is 1. The van der Waals surface area contributed by atoms with Crippen LogP contribution in [0.5, 0.6) is 17.2 Å². The van der Waals surface area contributed by atoms with Gasteiger partial charge in [-0.05, 0) is 12.0 Å². The van der Waals surface area contributed by atoms with Crippen LogP contribution >= 0.6 is 0 Å². The number of ether oxygens (including phenoxy) is 3. The zero-order valence-electron chi connectivity index (χ0n) is 16.1. The van der Waals surface area contributed by atoms with Gasteiger partial charge in [-0.2, -0.15) is 0 Å². The highest BCUT2D eigenvalue weighted by atomic mass is 16.5. The van der Waals surface area contributed by atoms with Gasteiger partial charge in [-0.3, -0.25) is 9.59 Å². The molecule has 6 nitrogen and oxygen atoms in total. The molecule has 0 aromatic heterocycles. The first-order chi connectivity index (χ1) is 13.0. The van der Waals surface area contributed by atoms with Crippen molar-refractivity contribution in [1.29, 1.82) is 0 Å². The summed E-state index contributed by atoms with van der Waals surface area (Å²) in [5, 5.41) is 2.76. The van der Waals surface area contributed by atoms with Crippen LogP contribution in [0, 0.1) is 0 Å². The lowest BCUT2D eigenvalue weighted by molar-refractivity contribution is -0.116. The number of carbonyl (C=O) groups excluding carboxylic acids is 2. The third kappa shape index (κ3) is 5.23. The van der Waals surface area contributed by atoms with Gasteiger partial charge in [0, 0.05) is 36.2 Å². The minimum atomic E-state index is -0.261. The third-order valence-corrected chi connectivity index (χ3v) is 4.21. The van der Waals surface area contributed by atoms with E-state index >= 15 is 0 Å². The Kier molecular flexibility index (Phi) is 7.23. The molecule has 6 heteroatoms. The van der Waals surface area contributed by atoms with Gasteiger partial charge in [0.15, 0.2) is 17.3 Å². The summed E-state index contributed by atoms with van der Waals surface area (Å²) in [6.07, 6.45) is 1.15. The molecule has 0 bridgehead atoms. The van der Waals surface area contributed by atoms with E-state index in [9.17, 15) is 9.59 Å². The van der Waals surface area contributed by atoms with E-state index in [0.717, 1.165) is 6.42 Å². The molecule has 144 valence electrons. The normalized spacial score (nSPS) is 10.2. The predicted octanol–water partition coefficient (Wildman–Crippen LogP) is 3.88. The molecule has 2 aromatic carbocycles. The standard InChI is InChI=1S/C21H25NO5/c1-5-14-6-8-15(9-7-14)17(23)10-11-20(24)22-16-12-18(25-2)21(27-4)19(13-16)26-3/h6-9,12-13H,5,10-11H2,1-4H3,(H,22,24). The van der Waals surface area contributed by atoms with Gasteiger partial charge in [-0.15, -0.1) is 0 Å². The van der Waals surface area contributed by atoms with Crippen molar-refractivity contribution in [2.24, 2.45) is 0 Å². The van der Waals surface area contributed by atoms with Gasteiger partial charge in [-0.25, -0.2) is 0 Å². The average Bonchev–Trinajstić information content (AvgIpc) is 2.71. The molecule has 0 fully saturated rings. The Hall–Kier alpha value is -3.02. The Morgan fingerprint density at radius 3 is 1.96 bits per heavy atom. The summed E-state index contributed by atoms with van der Waals surface area (Å²) in [6.45, 7) is 2.06. The highest BCUT2D eigenvalue weighted by molar-refractivity contribution is 6.00. The van der Waals surface area contributed by atoms with Crippen molar-refractivity contribution in [1.82, 2.24) is 0 Å². The van der Waals surface area contributed by atoms with Crippen LogP contribution in [0.2, 0.25) is 0 Å². The fourth-order valence-electron chi connectivity index (χ4n) is 2.67. The van der Waals surface area contributed by atoms with Crippen LogP contribution in [-0.4, -0.2) is 33.0 Å². The fourth-order valence-corrected chi connectivity index (χ4v) is 2.67. The van der Waals surface area contributed by atoms with Crippen molar-refractivity contribution in [2.45, 2.75) is 26.2 Å². The molecule has 0 aliphatic rings. The number of hydrogen-bond acceptors (Lipinski definition) is 5. The molecule has 2 rings (SSSR count). The van der Waals surface area contributed by atoms with Crippen molar-refractivity contribution in [3.05, 3.63) is 47.5 Å². The van der Waals surface area contributed by atoms with Crippen molar-refractivity contribution in [2.75, 3.05) is 26.6 Å². The zero-order chi connectivity index (χ0) is 19.8. The number of methoxy groups -OCH3 is 3. The summed E-state index contributed by atoms with van der Waals surface area (Å²) in [4.78, 5) is 24.5. The second kappa shape index (κ2) is 9.62. The summed E-state index contributed by atoms with van der Waals surface area (Å²) >= 11 is 0. The maximum Gasteiger partial charge on any atom is 0.224 e. The Morgan fingerprint density at radius 1 is 0.889 bits per heavy atom. The van der Waals surface area contributed by atoms with Crippen LogP contribution in [0.25, 0.3) is 0 Å². The first-order valence-electron chi connectivity index (χ1n) is 8.74. The van der Waals surface area contributed by atoms with Crippen LogP contribution in [-0.2, 0) is 11.2 Å². The molecule has 0 aliphatic carbocycles. The Balaban J connectivity index is 1.99. The van der Waals surface area contributed by atoms with E-state index in [1.54, 1.807) is 24.3 Å². The van der Waals surface area contributed by atoms with E-state index in [-0.39, 0.29) is 24.5 Å². The van der Waals surface area contributed by atoms with Crippen LogP contribution in [0.15, 0.2) is 36.4 Å². The minimum absolute atomic E-state index is 0.0577. The molecule has 1 N–H and O–H groups in total. The quantitative estimate of drug-likeness (QED) is 0.677. The monoisotopic (exact) mass is 371 g/mol. The number of Topliss-reactive ketones (excluding diaryl/α,β-unsaturated/α-hetero) is 1. The molecular weight excluding hydrogens is 346 g/mol. The molecule has 0 spiro atoms. The minimum Gasteiger partial charge on any atom is -0.493 e. The van der Waals surface area contributed by atoms with E-state index in [2.05, 4.69) is 12.2 Å². The topological polar surface area (TPSA) is 73.9 Å². The number of anilines is 1. The number of carbonyl (C=O) groups is 2. The number of ketones is 1. The van der Waals surface area contributed by atoms with Gasteiger partial charge in [0.05, 0.1) is 21.3 Å². The summed E-state index contributed by atoms with van der Waals surface area (Å²) in [5.74, 6) is 1.02. The average molecular weight is 371 g/mol. The lowest BCUT2D eigenvalue weighted by Gasteiger charge is -2.14. The third-order valence-electron chi connectivity index (χ3n) is 4.21. The molecule has 0 saturated carbocycles. The Labute approximate surface area is 159 Å². The fraction of sp³-hybridized carbons (Fsp3) is 0.333. The van der Waals surface area contributed by atoms with Crippen molar-refractivity contribution >= 4 is 17.4 Å². The lowest BCUT2D eigenvalue weighted by Crippen LogP contribution is -2.14. The van der Waals surface area contributed by atoms with Gasteiger partial charge in [0.25, 0.3) is 0 Å². The molecular formula is C21H25NO5. The second-order valence-electron chi connectivity index (χ2n) is 5.94. The highest BCUT2D eigenvalue weighted by Gasteiger charge is 2.15. The number of aryl methyl sites for hydroxylation is 1. The highest BCUT2D eigenvalue weighted by Crippen LogP contribution is 2.39. The molecule has 2 aromatic rings. The molecule has 0 saturated heterocycles. The van der Waals surface area contributed by atoms with Crippen molar-refractivity contribution < 1.29 is 23.8 Å². The van der Waals surface area contributed by atoms with Crippen molar-refractivity contribution in [3.63, 3.8) is 0 Å². The Bertz CT molecular complexity index is 774. The van der Waals surface area contributed by atoms with E-state index in [1.807, 2.05) is 12.1 Å². The SMILES string of the molecule is CCc1ccc(C(=O)CCC(=O)Nc2cc(OC)c(OC)c(OC)c2)cc1. The smallest absolute Gasteiger partial charge is 0.224 e. The second-order valence-corrected chi connectivity index (χ2v) is 5.94. The van der Waals surface area contributed by atoms with Crippen LogP contribution < -0.4 is 19.5 Å². The summed E-state index contributed by atoms with van der Waals surface area (Å²) in [6, 6.07) is 10.8. The molecule has 27 heavy (non-hydrogen) atoms. The summed E-state index contributed by atoms with van der Waals surface area (Å²) in [7, 11) is 4.52. The van der Waals surface area contributed by atoms with E-state index in [1.165, 1.54) is 26.9 Å². The molecule has 1 amide bonds. The number of amides is 1. The van der Waals surface area contributed by atoms with Crippen LogP contribution in [0.4, 0.5) is 5.69 Å². The van der Waals surface area contributed by atoms with Crippen LogP contribution in [0.1, 0.15) is 35.7 Å². The molecule has 0 unspecified atom stereocenters. The maximum atomic E-state index is 12.2. The maximum absolute atomic E-state index is 12.2. The first kappa shape index (κ1) is 20.3. The number of benzene rings is 2. The molecule has 0 radical (unpaired) electrons. The van der Waals surface area contributed by atoms with Crippen molar-refractivity contribution in [3.8, 4) is 17.2 Å². The van der Waals surface area contributed by atoms with Gasteiger partial charge < -0.3 is 19.5 Å². The van der Waals surface area contributed by atoms with Gasteiger partial charge in [0.1, 0.15) is 0 Å². The predicted molar refractivity (Wildman–Crippen MR) is 104 cm³/mol. The summed E-state index contributed by atoms with van der Waals surface area (Å²) < 4.78 is 15.8. The first-order valence-corrected chi connectivity index (χ1v) is 8.74. The largest absolute Gasteiger partial charge is 0.493 e. The summed E-state index contributed by atoms with van der Waals surface area (Å²) in [5.41, 5.74) is 2.30. The van der Waals surface area contributed by atoms with Gasteiger partial charge >= 0.3 is 0 Å². The zero-order valence-corrected chi connectivity index (χ0v) is 16.1. The number of hydrogen-bond donors (Lipinski definition) is 1. The van der Waals surface area contributed by atoms with Gasteiger partial charge in [0.2, 0.25) is 11.7 Å². The molecule has 0 aliphatic heterocycles. The van der Waals surface area contributed by atoms with Gasteiger partial charge in [-0.1, -0.05) is 31.2 Å². The van der Waals surface area contributed by atoms with E-state index in [4.69, 9.17) is 14.2 Å². The van der Waals surface area contributed by atoms with E-state index < -0.39 is 0 Å². The number of rotatable bonds is 9. The molecule has 0 atom stereocenters. The van der Waals surface area contributed by atoms with E-state index in [0.29, 0.717) is 28.5 Å². The molecule has 0 heterocycles. The lowest BCUT2D eigenvalue weighted by atomic mass is 10.0.